The summed E-state index contributed by atoms with van der Waals surface area (Å²) in [5.74, 6) is -0.141. The van der Waals surface area contributed by atoms with Crippen LogP contribution in [0.4, 0.5) is 4.79 Å². The number of carbonyl (C=O) groups excluding carboxylic acids is 2. The van der Waals surface area contributed by atoms with Gasteiger partial charge in [0.05, 0.1) is 10.6 Å². The summed E-state index contributed by atoms with van der Waals surface area (Å²) >= 11 is 12.0. The molecule has 5 nitrogen and oxygen atoms in total. The number of hydrogen-bond acceptors (Lipinski definition) is 3. The maximum absolute atomic E-state index is 12.6. The van der Waals surface area contributed by atoms with Gasteiger partial charge in [-0.15, -0.1) is 0 Å². The van der Waals surface area contributed by atoms with E-state index in [1.807, 2.05) is 20.8 Å². The molecule has 1 aliphatic rings. The SMILES string of the molecule is CC(C)(C)OC(=O)NC1CCN(C(=O)c2cc(Cl)ccc2Cl)CC1. The Kier molecular flexibility index (Phi) is 5.99. The van der Waals surface area contributed by atoms with Gasteiger partial charge in [-0.3, -0.25) is 4.79 Å². The van der Waals surface area contributed by atoms with Crippen molar-refractivity contribution >= 4 is 35.2 Å². The van der Waals surface area contributed by atoms with Gasteiger partial charge in [0.25, 0.3) is 5.91 Å². The number of hydrogen-bond donors (Lipinski definition) is 1. The van der Waals surface area contributed by atoms with Crippen molar-refractivity contribution in [3.63, 3.8) is 0 Å². The first-order valence-electron chi connectivity index (χ1n) is 7.89. The molecule has 1 saturated heterocycles. The number of nitrogens with zero attached hydrogens (tertiary/aromatic N) is 1. The number of halogens is 2. The van der Waals surface area contributed by atoms with Crippen LogP contribution in [-0.2, 0) is 4.74 Å². The minimum Gasteiger partial charge on any atom is -0.444 e. The minimum absolute atomic E-state index is 0.00117. The number of rotatable bonds is 2. The molecule has 0 radical (unpaired) electrons. The highest BCUT2D eigenvalue weighted by molar-refractivity contribution is 6.35. The first-order chi connectivity index (χ1) is 11.2. The van der Waals surface area contributed by atoms with Crippen LogP contribution in [0.25, 0.3) is 0 Å². The molecule has 1 N–H and O–H groups in total. The molecule has 0 aliphatic carbocycles. The lowest BCUT2D eigenvalue weighted by atomic mass is 10.0. The topological polar surface area (TPSA) is 58.6 Å². The van der Waals surface area contributed by atoms with E-state index in [-0.39, 0.29) is 11.9 Å². The lowest BCUT2D eigenvalue weighted by Crippen LogP contribution is -2.47. The molecule has 1 aromatic carbocycles. The van der Waals surface area contributed by atoms with Crippen molar-refractivity contribution in [2.45, 2.75) is 45.3 Å². The van der Waals surface area contributed by atoms with E-state index >= 15 is 0 Å². The average Bonchev–Trinajstić information content (AvgIpc) is 2.48. The summed E-state index contributed by atoms with van der Waals surface area (Å²) in [6.45, 7) is 6.55. The highest BCUT2D eigenvalue weighted by atomic mass is 35.5. The van der Waals surface area contributed by atoms with Crippen molar-refractivity contribution in [3.05, 3.63) is 33.8 Å². The molecule has 0 unspecified atom stereocenters. The Morgan fingerprint density at radius 3 is 2.42 bits per heavy atom. The number of benzene rings is 1. The van der Waals surface area contributed by atoms with Gasteiger partial charge >= 0.3 is 6.09 Å². The van der Waals surface area contributed by atoms with Crippen LogP contribution in [0, 0.1) is 0 Å². The second-order valence-corrected chi connectivity index (χ2v) is 7.68. The summed E-state index contributed by atoms with van der Waals surface area (Å²) in [5, 5.41) is 3.71. The van der Waals surface area contributed by atoms with Gasteiger partial charge < -0.3 is 15.0 Å². The zero-order valence-electron chi connectivity index (χ0n) is 14.1. The van der Waals surface area contributed by atoms with Crippen LogP contribution in [0.3, 0.4) is 0 Å². The van der Waals surface area contributed by atoms with E-state index in [1.54, 1.807) is 23.1 Å². The van der Waals surface area contributed by atoms with Crippen LogP contribution in [0.1, 0.15) is 44.0 Å². The number of ether oxygens (including phenoxy) is 1. The third-order valence-corrected chi connectivity index (χ3v) is 4.23. The number of carbonyl (C=O) groups is 2. The molecule has 0 atom stereocenters. The molecule has 0 aromatic heterocycles. The Morgan fingerprint density at radius 2 is 1.83 bits per heavy atom. The summed E-state index contributed by atoms with van der Waals surface area (Å²) in [5.41, 5.74) is -0.118. The fourth-order valence-electron chi connectivity index (χ4n) is 2.53. The molecule has 0 bridgehead atoms. The third kappa shape index (κ3) is 5.28. The summed E-state index contributed by atoms with van der Waals surface area (Å²) in [6.07, 6.45) is 0.914. The molecule has 2 amide bonds. The lowest BCUT2D eigenvalue weighted by Gasteiger charge is -2.33. The number of piperidine rings is 1. The van der Waals surface area contributed by atoms with Gasteiger partial charge in [0.1, 0.15) is 5.60 Å². The Hall–Kier alpha value is -1.46. The molecule has 24 heavy (non-hydrogen) atoms. The number of likely N-dealkylation sites (tertiary alicyclic amines) is 1. The van der Waals surface area contributed by atoms with Gasteiger partial charge in [-0.05, 0) is 51.8 Å². The van der Waals surface area contributed by atoms with Crippen molar-refractivity contribution in [2.24, 2.45) is 0 Å². The molecule has 132 valence electrons. The molecule has 7 heteroatoms. The van der Waals surface area contributed by atoms with Gasteiger partial charge in [-0.2, -0.15) is 0 Å². The molecule has 0 spiro atoms. The normalized spacial score (nSPS) is 16.0. The largest absolute Gasteiger partial charge is 0.444 e. The van der Waals surface area contributed by atoms with E-state index < -0.39 is 11.7 Å². The van der Waals surface area contributed by atoms with Crippen molar-refractivity contribution in [1.29, 1.82) is 0 Å². The number of amides is 2. The van der Waals surface area contributed by atoms with E-state index in [2.05, 4.69) is 5.32 Å². The maximum atomic E-state index is 12.6. The van der Waals surface area contributed by atoms with Crippen LogP contribution in [0.15, 0.2) is 18.2 Å². The number of nitrogens with one attached hydrogen (secondary N) is 1. The van der Waals surface area contributed by atoms with Crippen molar-refractivity contribution < 1.29 is 14.3 Å². The van der Waals surface area contributed by atoms with Gasteiger partial charge in [-0.25, -0.2) is 4.79 Å². The van der Waals surface area contributed by atoms with Crippen LogP contribution in [0.2, 0.25) is 10.0 Å². The monoisotopic (exact) mass is 372 g/mol. The molecular formula is C17H22Cl2N2O3. The highest BCUT2D eigenvalue weighted by Crippen LogP contribution is 2.23. The second-order valence-electron chi connectivity index (χ2n) is 6.84. The fraction of sp³-hybridized carbons (Fsp3) is 0.529. The summed E-state index contributed by atoms with van der Waals surface area (Å²) in [4.78, 5) is 26.1. The van der Waals surface area contributed by atoms with Gasteiger partial charge in [0, 0.05) is 24.2 Å². The Bertz CT molecular complexity index is 621. The molecule has 2 rings (SSSR count). The first-order valence-corrected chi connectivity index (χ1v) is 8.65. The van der Waals surface area contributed by atoms with Crippen molar-refractivity contribution in [3.8, 4) is 0 Å². The predicted molar refractivity (Wildman–Crippen MR) is 94.8 cm³/mol. The molecule has 1 fully saturated rings. The maximum Gasteiger partial charge on any atom is 0.407 e. The lowest BCUT2D eigenvalue weighted by molar-refractivity contribution is 0.0473. The van der Waals surface area contributed by atoms with E-state index in [0.29, 0.717) is 41.5 Å². The predicted octanol–water partition coefficient (Wildman–Crippen LogP) is 4.12. The van der Waals surface area contributed by atoms with Gasteiger partial charge in [-0.1, -0.05) is 23.2 Å². The smallest absolute Gasteiger partial charge is 0.407 e. The summed E-state index contributed by atoms with van der Waals surface area (Å²) < 4.78 is 5.25. The van der Waals surface area contributed by atoms with Gasteiger partial charge in [0.15, 0.2) is 0 Å². The van der Waals surface area contributed by atoms with Crippen molar-refractivity contribution in [1.82, 2.24) is 10.2 Å². The molecule has 0 saturated carbocycles. The molecule has 1 aliphatic heterocycles. The van der Waals surface area contributed by atoms with E-state index in [1.165, 1.54) is 0 Å². The van der Waals surface area contributed by atoms with Crippen molar-refractivity contribution in [2.75, 3.05) is 13.1 Å². The summed E-state index contributed by atoms with van der Waals surface area (Å²) in [6, 6.07) is 4.85. The van der Waals surface area contributed by atoms with Gasteiger partial charge in [0.2, 0.25) is 0 Å². The zero-order chi connectivity index (χ0) is 17.9. The third-order valence-electron chi connectivity index (χ3n) is 3.66. The van der Waals surface area contributed by atoms with E-state index in [9.17, 15) is 9.59 Å². The number of alkyl carbamates (subject to hydrolysis) is 1. The first kappa shape index (κ1) is 18.9. The zero-order valence-corrected chi connectivity index (χ0v) is 15.6. The van der Waals surface area contributed by atoms with Crippen LogP contribution in [-0.4, -0.2) is 41.6 Å². The van der Waals surface area contributed by atoms with Crippen LogP contribution >= 0.6 is 23.2 Å². The Morgan fingerprint density at radius 1 is 1.21 bits per heavy atom. The van der Waals surface area contributed by atoms with E-state index in [0.717, 1.165) is 0 Å². The second kappa shape index (κ2) is 7.62. The minimum atomic E-state index is -0.524. The molecular weight excluding hydrogens is 351 g/mol. The standard InChI is InChI=1S/C17H22Cl2N2O3/c1-17(2,3)24-16(23)20-12-6-8-21(9-7-12)15(22)13-10-11(18)4-5-14(13)19/h4-5,10,12H,6-9H2,1-3H3,(H,20,23). The fourth-order valence-corrected chi connectivity index (χ4v) is 2.90. The van der Waals surface area contributed by atoms with E-state index in [4.69, 9.17) is 27.9 Å². The quantitative estimate of drug-likeness (QED) is 0.848. The van der Waals surface area contributed by atoms with Crippen LogP contribution < -0.4 is 5.32 Å². The highest BCUT2D eigenvalue weighted by Gasteiger charge is 2.27. The molecule has 1 aromatic rings. The van der Waals surface area contributed by atoms with Crippen LogP contribution in [0.5, 0.6) is 0 Å². The average molecular weight is 373 g/mol. The molecule has 1 heterocycles. The summed E-state index contributed by atoms with van der Waals surface area (Å²) in [7, 11) is 0. The Balaban J connectivity index is 1.89. The Labute approximate surface area is 152 Å².